The topological polar surface area (TPSA) is 105 Å². The Morgan fingerprint density at radius 3 is 2.59 bits per heavy atom. The van der Waals surface area contributed by atoms with E-state index in [4.69, 9.17) is 0 Å². The molecule has 8 nitrogen and oxygen atoms in total. The van der Waals surface area contributed by atoms with E-state index in [1.54, 1.807) is 0 Å². The molecular weight excluding hydrogens is 521 g/mol. The maximum atomic E-state index is 14.7. The highest BCUT2D eigenvalue weighted by atomic mass is 32.2. The average Bonchev–Trinajstić information content (AvgIpc) is 3.24. The first-order chi connectivity index (χ1) is 17.4. The molecule has 2 aromatic heterocycles. The molecular formula is C23H22F5N5O3S. The van der Waals surface area contributed by atoms with Crippen LogP contribution in [0.3, 0.4) is 0 Å². The number of hydrogen-bond donors (Lipinski definition) is 1. The van der Waals surface area contributed by atoms with Gasteiger partial charge in [0.15, 0.2) is 0 Å². The second-order valence-corrected chi connectivity index (χ2v) is 10.6. The first-order valence-electron chi connectivity index (χ1n) is 11.2. The van der Waals surface area contributed by atoms with E-state index in [0.29, 0.717) is 0 Å². The predicted molar refractivity (Wildman–Crippen MR) is 122 cm³/mol. The minimum atomic E-state index is -4.59. The van der Waals surface area contributed by atoms with Crippen molar-refractivity contribution in [3.63, 3.8) is 0 Å². The van der Waals surface area contributed by atoms with Crippen molar-refractivity contribution in [2.45, 2.75) is 44.7 Å². The summed E-state index contributed by atoms with van der Waals surface area (Å²) in [4.78, 5) is 24.2. The van der Waals surface area contributed by atoms with E-state index in [0.717, 1.165) is 35.0 Å². The molecule has 4 rings (SSSR count). The maximum absolute atomic E-state index is 14.7. The molecule has 3 heterocycles. The number of sulfonamides is 1. The first kappa shape index (κ1) is 26.8. The number of alkyl halides is 4. The third kappa shape index (κ3) is 5.69. The van der Waals surface area contributed by atoms with Crippen molar-refractivity contribution in [2.24, 2.45) is 5.92 Å². The molecule has 0 aromatic carbocycles. The van der Waals surface area contributed by atoms with Crippen LogP contribution < -0.4 is 5.32 Å². The van der Waals surface area contributed by atoms with E-state index in [1.165, 1.54) is 19.1 Å². The Kier molecular flexibility index (Phi) is 7.42. The molecule has 1 saturated heterocycles. The van der Waals surface area contributed by atoms with Crippen LogP contribution in [-0.4, -0.2) is 52.3 Å². The number of pyridine rings is 1. The number of nitrogens with one attached hydrogen (secondary N) is 1. The zero-order valence-electron chi connectivity index (χ0n) is 19.4. The summed E-state index contributed by atoms with van der Waals surface area (Å²) in [6.07, 6.45) is -2.30. The van der Waals surface area contributed by atoms with Crippen LogP contribution in [0.4, 0.5) is 22.0 Å². The zero-order valence-corrected chi connectivity index (χ0v) is 20.2. The molecule has 1 aliphatic carbocycles. The number of carbonyl (C=O) groups is 1. The van der Waals surface area contributed by atoms with Gasteiger partial charge in [-0.25, -0.2) is 27.2 Å². The molecule has 0 radical (unpaired) electrons. The second kappa shape index (κ2) is 10.2. The van der Waals surface area contributed by atoms with E-state index in [-0.39, 0.29) is 47.8 Å². The largest absolute Gasteiger partial charge is 0.433 e. The quantitative estimate of drug-likeness (QED) is 0.558. The summed E-state index contributed by atoms with van der Waals surface area (Å²) in [7, 11) is -4.23. The molecule has 198 valence electrons. The van der Waals surface area contributed by atoms with Crippen molar-refractivity contribution < 1.29 is 35.2 Å². The highest BCUT2D eigenvalue weighted by molar-refractivity contribution is 7.93. The number of aromatic nitrogens is 3. The smallest absolute Gasteiger partial charge is 0.349 e. The van der Waals surface area contributed by atoms with Crippen LogP contribution in [0.5, 0.6) is 0 Å². The fourth-order valence-electron chi connectivity index (χ4n) is 4.21. The minimum absolute atomic E-state index is 0.0913. The summed E-state index contributed by atoms with van der Waals surface area (Å²) in [5.41, 5.74) is -0.285. The molecule has 0 spiro atoms. The molecule has 1 N–H and O–H groups in total. The van der Waals surface area contributed by atoms with Crippen LogP contribution in [0.1, 0.15) is 31.2 Å². The summed E-state index contributed by atoms with van der Waals surface area (Å²) in [5, 5.41) is 2.47. The lowest BCUT2D eigenvalue weighted by atomic mass is 10.0. The molecule has 14 heteroatoms. The highest BCUT2D eigenvalue weighted by Gasteiger charge is 2.47. The third-order valence-corrected chi connectivity index (χ3v) is 8.25. The molecule has 1 fully saturated rings. The number of allylic oxidation sites excluding steroid dienone is 4. The van der Waals surface area contributed by atoms with Gasteiger partial charge in [0.05, 0.1) is 22.8 Å². The summed E-state index contributed by atoms with van der Waals surface area (Å²) < 4.78 is 93.6. The highest BCUT2D eigenvalue weighted by Crippen LogP contribution is 2.35. The summed E-state index contributed by atoms with van der Waals surface area (Å²) in [6.45, 7) is 1.11. The van der Waals surface area contributed by atoms with E-state index in [1.807, 2.05) is 0 Å². The summed E-state index contributed by atoms with van der Waals surface area (Å²) in [6, 6.07) is 1.80. The fourth-order valence-corrected chi connectivity index (χ4v) is 6.19. The van der Waals surface area contributed by atoms with E-state index >= 15 is 0 Å². The van der Waals surface area contributed by atoms with Gasteiger partial charge >= 0.3 is 6.18 Å². The van der Waals surface area contributed by atoms with E-state index < -0.39 is 51.8 Å². The second-order valence-electron chi connectivity index (χ2n) is 8.70. The van der Waals surface area contributed by atoms with Crippen LogP contribution in [-0.2, 0) is 27.5 Å². The molecule has 0 bridgehead atoms. The minimum Gasteiger partial charge on any atom is -0.349 e. The Bertz CT molecular complexity index is 1350. The molecule has 0 saturated carbocycles. The van der Waals surface area contributed by atoms with Crippen LogP contribution in [0.25, 0.3) is 11.3 Å². The number of amides is 1. The van der Waals surface area contributed by atoms with E-state index in [9.17, 15) is 35.2 Å². The molecule has 1 unspecified atom stereocenters. The van der Waals surface area contributed by atoms with Gasteiger partial charge in [0.2, 0.25) is 15.9 Å². The summed E-state index contributed by atoms with van der Waals surface area (Å²) in [5.74, 6) is -2.02. The molecule has 37 heavy (non-hydrogen) atoms. The van der Waals surface area contributed by atoms with Crippen molar-refractivity contribution >= 4 is 15.9 Å². The van der Waals surface area contributed by atoms with Gasteiger partial charge in [-0.1, -0.05) is 6.92 Å². The Morgan fingerprint density at radius 1 is 1.19 bits per heavy atom. The van der Waals surface area contributed by atoms with Gasteiger partial charge < -0.3 is 5.32 Å². The monoisotopic (exact) mass is 543 g/mol. The van der Waals surface area contributed by atoms with Crippen LogP contribution in [0.2, 0.25) is 0 Å². The number of rotatable bonds is 6. The van der Waals surface area contributed by atoms with Gasteiger partial charge in [-0.2, -0.15) is 17.5 Å². The number of halogens is 5. The van der Waals surface area contributed by atoms with E-state index in [2.05, 4.69) is 20.3 Å². The van der Waals surface area contributed by atoms with Crippen molar-refractivity contribution in [3.05, 3.63) is 65.0 Å². The molecule has 2 aromatic rings. The Balaban J connectivity index is 1.48. The Morgan fingerprint density at radius 2 is 1.95 bits per heavy atom. The van der Waals surface area contributed by atoms with Crippen molar-refractivity contribution in [1.82, 2.24) is 24.6 Å². The van der Waals surface area contributed by atoms with Crippen LogP contribution in [0.15, 0.2) is 53.6 Å². The number of carbonyl (C=O) groups excluding carboxylic acids is 1. The molecule has 2 aliphatic rings. The van der Waals surface area contributed by atoms with Gasteiger partial charge in [0, 0.05) is 24.7 Å². The Labute approximate surface area is 209 Å². The fraction of sp³-hybridized carbons (Fsp3) is 0.391. The van der Waals surface area contributed by atoms with Crippen molar-refractivity contribution in [3.8, 4) is 11.3 Å². The lowest BCUT2D eigenvalue weighted by Gasteiger charge is -2.28. The van der Waals surface area contributed by atoms with Gasteiger partial charge in [-0.05, 0) is 42.7 Å². The maximum Gasteiger partial charge on any atom is 0.433 e. The lowest BCUT2D eigenvalue weighted by Crippen LogP contribution is -2.49. The van der Waals surface area contributed by atoms with Gasteiger partial charge in [-0.3, -0.25) is 9.78 Å². The Hall–Kier alpha value is -3.26. The van der Waals surface area contributed by atoms with Crippen LogP contribution >= 0.6 is 0 Å². The number of nitrogens with zero attached hydrogens (tertiary/aromatic N) is 4. The standard InChI is InChI=1S/C23H22F5N5O3S/c1-13-8-15(24)3-4-19(13)37(35,36)33-7-6-17(25)21(33)22(34)30-11-16-9-18(32-12-31-16)14-2-5-20(29-10-14)23(26,27)28/h2-5,9-10,12-13,17,21H,6-8,11H2,1H3,(H,30,34)/t13?,17-,21+/m1/s1. The first-order valence-corrected chi connectivity index (χ1v) is 12.7. The lowest BCUT2D eigenvalue weighted by molar-refractivity contribution is -0.141. The average molecular weight is 544 g/mol. The molecule has 1 amide bonds. The molecule has 1 aliphatic heterocycles. The zero-order chi connectivity index (χ0) is 27.0. The van der Waals surface area contributed by atoms with Crippen LogP contribution in [0, 0.1) is 5.92 Å². The van der Waals surface area contributed by atoms with Gasteiger partial charge in [0.1, 0.15) is 30.1 Å². The SMILES string of the molecule is CC1CC(F)=CC=C1S(=O)(=O)N1CC[C@@H](F)[C@H]1C(=O)NCc1cc(-c2ccc(C(F)(F)F)nc2)ncn1. The summed E-state index contributed by atoms with van der Waals surface area (Å²) >= 11 is 0. The van der Waals surface area contributed by atoms with Gasteiger partial charge in [-0.15, -0.1) is 0 Å². The van der Waals surface area contributed by atoms with Crippen molar-refractivity contribution in [2.75, 3.05) is 6.54 Å². The normalized spacial score (nSPS) is 22.9. The molecule has 3 atom stereocenters. The third-order valence-electron chi connectivity index (χ3n) is 6.09. The predicted octanol–water partition coefficient (Wildman–Crippen LogP) is 3.69. The van der Waals surface area contributed by atoms with Crippen molar-refractivity contribution in [1.29, 1.82) is 0 Å². The van der Waals surface area contributed by atoms with Gasteiger partial charge in [0.25, 0.3) is 0 Å². The number of hydrogen-bond acceptors (Lipinski definition) is 6.